The summed E-state index contributed by atoms with van der Waals surface area (Å²) in [6.07, 6.45) is 6.53. The van der Waals surface area contributed by atoms with Gasteiger partial charge < -0.3 is 4.42 Å². The van der Waals surface area contributed by atoms with Crippen LogP contribution in [0.1, 0.15) is 11.8 Å². The molecule has 0 radical (unpaired) electrons. The van der Waals surface area contributed by atoms with Crippen LogP contribution >= 0.6 is 0 Å². The Morgan fingerprint density at radius 3 is 2.73 bits per heavy atom. The largest absolute Gasteiger partial charge is 0.467 e. The van der Waals surface area contributed by atoms with E-state index in [4.69, 9.17) is 4.42 Å². The Bertz CT molecular complexity index is 1070. The molecule has 4 rings (SSSR count). The lowest BCUT2D eigenvalue weighted by Crippen LogP contribution is -2.31. The fourth-order valence-corrected chi connectivity index (χ4v) is 4.05. The molecule has 8 heteroatoms. The van der Waals surface area contributed by atoms with Crippen molar-refractivity contribution in [3.05, 3.63) is 79.1 Å². The van der Waals surface area contributed by atoms with Crippen molar-refractivity contribution in [3.8, 4) is 0 Å². The minimum atomic E-state index is -3.76. The zero-order valence-electron chi connectivity index (χ0n) is 13.7. The number of fused-ring (bicyclic) bond motifs is 1. The van der Waals surface area contributed by atoms with E-state index in [9.17, 15) is 8.42 Å². The molecule has 1 aromatic carbocycles. The maximum atomic E-state index is 12.9. The third kappa shape index (κ3) is 3.12. The highest BCUT2D eigenvalue weighted by Crippen LogP contribution is 2.22. The van der Waals surface area contributed by atoms with E-state index in [0.29, 0.717) is 11.3 Å². The van der Waals surface area contributed by atoms with E-state index in [-0.39, 0.29) is 11.4 Å². The summed E-state index contributed by atoms with van der Waals surface area (Å²) in [6.45, 7) is 0.0980. The standard InChI is InChI=1S/C18H16N4O3S/c23-26(24,17-8-1-5-14-6-2-9-19-18(14)17)21-13-15(16-7-3-12-25-16)22-11-4-10-20-22/h1-12,15,21H,13H2. The van der Waals surface area contributed by atoms with Crippen molar-refractivity contribution < 1.29 is 12.8 Å². The first kappa shape index (κ1) is 16.5. The highest BCUT2D eigenvalue weighted by atomic mass is 32.2. The topological polar surface area (TPSA) is 90.0 Å². The van der Waals surface area contributed by atoms with Crippen LogP contribution in [0.5, 0.6) is 0 Å². The van der Waals surface area contributed by atoms with Crippen molar-refractivity contribution in [2.45, 2.75) is 10.9 Å². The van der Waals surface area contributed by atoms with Crippen molar-refractivity contribution >= 4 is 20.9 Å². The predicted octanol–water partition coefficient (Wildman–Crippen LogP) is 2.59. The number of furan rings is 1. The molecular weight excluding hydrogens is 352 g/mol. The molecule has 0 aliphatic rings. The Morgan fingerprint density at radius 1 is 1.08 bits per heavy atom. The molecule has 132 valence electrons. The van der Waals surface area contributed by atoms with Crippen molar-refractivity contribution in [1.29, 1.82) is 0 Å². The molecule has 0 amide bonds. The Hall–Kier alpha value is -2.97. The number of aromatic nitrogens is 3. The van der Waals surface area contributed by atoms with Crippen LogP contribution in [0.2, 0.25) is 0 Å². The van der Waals surface area contributed by atoms with Crippen LogP contribution in [0.3, 0.4) is 0 Å². The average Bonchev–Trinajstić information content (AvgIpc) is 3.36. The maximum absolute atomic E-state index is 12.9. The third-order valence-corrected chi connectivity index (χ3v) is 5.52. The zero-order chi connectivity index (χ0) is 18.0. The molecule has 0 bridgehead atoms. The van der Waals surface area contributed by atoms with Gasteiger partial charge in [0, 0.05) is 30.5 Å². The second kappa shape index (κ2) is 6.74. The normalized spacial score (nSPS) is 13.1. The number of nitrogens with one attached hydrogen (secondary N) is 1. The molecule has 1 atom stereocenters. The van der Waals surface area contributed by atoms with E-state index in [1.54, 1.807) is 65.9 Å². The summed E-state index contributed by atoms with van der Waals surface area (Å²) in [7, 11) is -3.76. The van der Waals surface area contributed by atoms with Gasteiger partial charge in [-0.15, -0.1) is 0 Å². The molecule has 0 spiro atoms. The Labute approximate surface area is 150 Å². The van der Waals surface area contributed by atoms with Crippen LogP contribution in [0.4, 0.5) is 0 Å². The number of hydrogen-bond donors (Lipinski definition) is 1. The van der Waals surface area contributed by atoms with Crippen LogP contribution in [0, 0.1) is 0 Å². The lowest BCUT2D eigenvalue weighted by atomic mass is 10.2. The summed E-state index contributed by atoms with van der Waals surface area (Å²) in [5, 5.41) is 4.97. The van der Waals surface area contributed by atoms with E-state index >= 15 is 0 Å². The first-order valence-corrected chi connectivity index (χ1v) is 9.49. The van der Waals surface area contributed by atoms with Gasteiger partial charge in [-0.1, -0.05) is 18.2 Å². The monoisotopic (exact) mass is 368 g/mol. The zero-order valence-corrected chi connectivity index (χ0v) is 14.5. The Balaban J connectivity index is 1.65. The highest BCUT2D eigenvalue weighted by molar-refractivity contribution is 7.89. The van der Waals surface area contributed by atoms with E-state index in [1.165, 1.54) is 0 Å². The van der Waals surface area contributed by atoms with Crippen LogP contribution in [0.15, 0.2) is 82.7 Å². The highest BCUT2D eigenvalue weighted by Gasteiger charge is 2.23. The predicted molar refractivity (Wildman–Crippen MR) is 96.0 cm³/mol. The van der Waals surface area contributed by atoms with Gasteiger partial charge in [-0.05, 0) is 30.3 Å². The number of rotatable bonds is 6. The molecule has 0 saturated heterocycles. The summed E-state index contributed by atoms with van der Waals surface area (Å²) in [5.41, 5.74) is 0.441. The molecule has 4 aromatic rings. The number of sulfonamides is 1. The summed E-state index contributed by atoms with van der Waals surface area (Å²) in [4.78, 5) is 4.37. The molecule has 7 nitrogen and oxygen atoms in total. The van der Waals surface area contributed by atoms with Gasteiger partial charge in [0.25, 0.3) is 0 Å². The molecule has 3 aromatic heterocycles. The van der Waals surface area contributed by atoms with Crippen LogP contribution in [-0.2, 0) is 10.0 Å². The number of nitrogens with zero attached hydrogens (tertiary/aromatic N) is 3. The summed E-state index contributed by atoms with van der Waals surface area (Å²) in [6, 6.07) is 13.6. The van der Waals surface area contributed by atoms with Gasteiger partial charge in [0.1, 0.15) is 16.7 Å². The van der Waals surface area contributed by atoms with Gasteiger partial charge in [0.2, 0.25) is 10.0 Å². The average molecular weight is 368 g/mol. The van der Waals surface area contributed by atoms with Gasteiger partial charge >= 0.3 is 0 Å². The lowest BCUT2D eigenvalue weighted by molar-refractivity contribution is 0.402. The van der Waals surface area contributed by atoms with Gasteiger partial charge in [-0.3, -0.25) is 9.67 Å². The van der Waals surface area contributed by atoms with E-state index in [1.807, 2.05) is 12.1 Å². The molecular formula is C18H16N4O3S. The molecule has 1 N–H and O–H groups in total. The van der Waals surface area contributed by atoms with Crippen molar-refractivity contribution in [3.63, 3.8) is 0 Å². The second-order valence-corrected chi connectivity index (χ2v) is 7.44. The van der Waals surface area contributed by atoms with Crippen LogP contribution in [0.25, 0.3) is 10.9 Å². The summed E-state index contributed by atoms with van der Waals surface area (Å²) in [5.74, 6) is 0.618. The van der Waals surface area contributed by atoms with Crippen molar-refractivity contribution in [1.82, 2.24) is 19.5 Å². The van der Waals surface area contributed by atoms with E-state index in [0.717, 1.165) is 5.39 Å². The smallest absolute Gasteiger partial charge is 0.242 e. The summed E-state index contributed by atoms with van der Waals surface area (Å²) >= 11 is 0. The van der Waals surface area contributed by atoms with Gasteiger partial charge in [-0.2, -0.15) is 5.10 Å². The molecule has 3 heterocycles. The molecule has 0 fully saturated rings. The number of hydrogen-bond acceptors (Lipinski definition) is 5. The molecule has 0 aliphatic carbocycles. The maximum Gasteiger partial charge on any atom is 0.242 e. The fourth-order valence-electron chi connectivity index (χ4n) is 2.83. The van der Waals surface area contributed by atoms with Gasteiger partial charge in [0.15, 0.2) is 0 Å². The number of para-hydroxylation sites is 1. The third-order valence-electron chi connectivity index (χ3n) is 4.07. The molecule has 1 unspecified atom stereocenters. The van der Waals surface area contributed by atoms with Gasteiger partial charge in [0.05, 0.1) is 11.8 Å². The van der Waals surface area contributed by atoms with E-state index < -0.39 is 16.1 Å². The Kier molecular flexibility index (Phi) is 4.27. The first-order valence-electron chi connectivity index (χ1n) is 8.01. The minimum Gasteiger partial charge on any atom is -0.467 e. The molecule has 0 saturated carbocycles. The fraction of sp³-hybridized carbons (Fsp3) is 0.111. The van der Waals surface area contributed by atoms with E-state index in [2.05, 4.69) is 14.8 Å². The Morgan fingerprint density at radius 2 is 1.96 bits per heavy atom. The minimum absolute atomic E-state index is 0.0980. The molecule has 26 heavy (non-hydrogen) atoms. The SMILES string of the molecule is O=S(=O)(NCC(c1ccco1)n1cccn1)c1cccc2cccnc12. The molecule has 0 aliphatic heterocycles. The van der Waals surface area contributed by atoms with Crippen LogP contribution in [-0.4, -0.2) is 29.7 Å². The van der Waals surface area contributed by atoms with Crippen LogP contribution < -0.4 is 4.72 Å². The van der Waals surface area contributed by atoms with Gasteiger partial charge in [-0.25, -0.2) is 13.1 Å². The second-order valence-electron chi connectivity index (χ2n) is 5.70. The summed E-state index contributed by atoms with van der Waals surface area (Å²) < 4.78 is 35.5. The van der Waals surface area contributed by atoms with Crippen molar-refractivity contribution in [2.75, 3.05) is 6.54 Å². The number of benzene rings is 1. The quantitative estimate of drug-likeness (QED) is 0.565. The first-order chi connectivity index (χ1) is 12.6. The number of pyridine rings is 1. The van der Waals surface area contributed by atoms with Crippen molar-refractivity contribution in [2.24, 2.45) is 0 Å². The lowest BCUT2D eigenvalue weighted by Gasteiger charge is -2.16.